The minimum absolute atomic E-state index is 0. The van der Waals surface area contributed by atoms with E-state index in [4.69, 9.17) is 0 Å². The first-order valence-electron chi connectivity index (χ1n) is 9.77. The molecule has 2 fully saturated rings. The average Bonchev–Trinajstić information content (AvgIpc) is 2.66. The first-order valence-corrected chi connectivity index (χ1v) is 10.9. The van der Waals surface area contributed by atoms with Crippen molar-refractivity contribution in [3.8, 4) is 0 Å². The maximum atomic E-state index is 12.6. The van der Waals surface area contributed by atoms with Gasteiger partial charge in [0.1, 0.15) is 0 Å². The average molecular weight is 494 g/mol. The number of halogens is 1. The molecule has 1 saturated heterocycles. The molecule has 1 aliphatic heterocycles. The molecular weight excluding hydrogens is 459 g/mol. The molecule has 1 saturated carbocycles. The summed E-state index contributed by atoms with van der Waals surface area (Å²) in [6.07, 6.45) is 9.29. The van der Waals surface area contributed by atoms with Crippen LogP contribution in [0.5, 0.6) is 0 Å². The molecule has 26 heavy (non-hydrogen) atoms. The molecule has 0 bridgehead atoms. The first kappa shape index (κ1) is 23.6. The second-order valence-electron chi connectivity index (χ2n) is 6.75. The highest BCUT2D eigenvalue weighted by Gasteiger charge is 2.30. The highest BCUT2D eigenvalue weighted by molar-refractivity contribution is 14.0. The molecule has 2 rings (SSSR count). The first-order chi connectivity index (χ1) is 12.2. The predicted molar refractivity (Wildman–Crippen MR) is 124 cm³/mol. The number of carbonyl (C=O) groups excluding carboxylic acids is 1. The lowest BCUT2D eigenvalue weighted by atomic mass is 9.85. The zero-order valence-electron chi connectivity index (χ0n) is 16.2. The highest BCUT2D eigenvalue weighted by Crippen LogP contribution is 2.27. The number of hydrogen-bond donors (Lipinski definition) is 2. The molecule has 0 aromatic rings. The summed E-state index contributed by atoms with van der Waals surface area (Å²) in [6, 6.07) is 0.431. The number of aliphatic imine (C=N–C) groups is 1. The molecule has 150 valence electrons. The van der Waals surface area contributed by atoms with Crippen molar-refractivity contribution in [1.29, 1.82) is 0 Å². The van der Waals surface area contributed by atoms with Crippen molar-refractivity contribution in [2.75, 3.05) is 37.7 Å². The Morgan fingerprint density at radius 2 is 1.92 bits per heavy atom. The van der Waals surface area contributed by atoms with Crippen molar-refractivity contribution in [3.63, 3.8) is 0 Å². The summed E-state index contributed by atoms with van der Waals surface area (Å²) < 4.78 is 0. The third kappa shape index (κ3) is 8.06. The molecule has 0 spiro atoms. The van der Waals surface area contributed by atoms with Crippen molar-refractivity contribution < 1.29 is 4.79 Å². The minimum atomic E-state index is 0. The molecule has 0 aromatic carbocycles. The molecule has 7 heteroatoms. The molecule has 1 amide bonds. The second kappa shape index (κ2) is 13.7. The monoisotopic (exact) mass is 494 g/mol. The van der Waals surface area contributed by atoms with E-state index in [-0.39, 0.29) is 29.9 Å². The number of carbonyl (C=O) groups is 1. The van der Waals surface area contributed by atoms with Crippen LogP contribution in [-0.4, -0.2) is 60.5 Å². The van der Waals surface area contributed by atoms with Crippen LogP contribution >= 0.6 is 35.7 Å². The van der Waals surface area contributed by atoms with E-state index < -0.39 is 0 Å². The molecule has 1 heterocycles. The Morgan fingerprint density at radius 3 is 2.54 bits per heavy atom. The predicted octanol–water partition coefficient (Wildman–Crippen LogP) is 3.26. The van der Waals surface area contributed by atoms with Gasteiger partial charge in [0.15, 0.2) is 5.96 Å². The van der Waals surface area contributed by atoms with Crippen LogP contribution in [0.15, 0.2) is 17.1 Å². The van der Waals surface area contributed by atoms with Crippen LogP contribution in [0, 0.1) is 5.92 Å². The Labute approximate surface area is 180 Å². The van der Waals surface area contributed by atoms with E-state index in [1.54, 1.807) is 0 Å². The number of thioether (sulfide) groups is 1. The maximum absolute atomic E-state index is 12.6. The summed E-state index contributed by atoms with van der Waals surface area (Å²) in [7, 11) is 0. The van der Waals surface area contributed by atoms with Crippen molar-refractivity contribution in [1.82, 2.24) is 15.5 Å². The van der Waals surface area contributed by atoms with Gasteiger partial charge in [-0.1, -0.05) is 12.2 Å². The maximum Gasteiger partial charge on any atom is 0.225 e. The highest BCUT2D eigenvalue weighted by atomic mass is 127. The molecule has 0 unspecified atom stereocenters. The molecule has 2 aliphatic rings. The lowest BCUT2D eigenvalue weighted by Gasteiger charge is -2.34. The fraction of sp³-hybridized carbons (Fsp3) is 0.789. The van der Waals surface area contributed by atoms with Crippen LogP contribution in [0.25, 0.3) is 0 Å². The van der Waals surface area contributed by atoms with Crippen LogP contribution in [0.4, 0.5) is 0 Å². The topological polar surface area (TPSA) is 56.7 Å². The van der Waals surface area contributed by atoms with Gasteiger partial charge in [0.05, 0.1) is 0 Å². The standard InChI is InChI=1S/C19H34N4OS.HI/c1-3-5-6-11-21-19(20-4-2)22-17-9-7-16(8-10-17)18(24)23-12-14-25-15-13-23;/h3,5,16-17H,4,6-15H2,1-2H3,(H2,20,21,22);1H/b5-3+;. The van der Waals surface area contributed by atoms with Crippen LogP contribution in [0.3, 0.4) is 0 Å². The molecular formula is C19H35IN4OS. The third-order valence-corrected chi connectivity index (χ3v) is 5.83. The Morgan fingerprint density at radius 1 is 1.23 bits per heavy atom. The molecule has 0 aromatic heterocycles. The minimum Gasteiger partial charge on any atom is -0.357 e. The van der Waals surface area contributed by atoms with Crippen LogP contribution < -0.4 is 10.6 Å². The van der Waals surface area contributed by atoms with E-state index in [1.165, 1.54) is 0 Å². The molecule has 2 N–H and O–H groups in total. The van der Waals surface area contributed by atoms with Gasteiger partial charge in [-0.2, -0.15) is 11.8 Å². The normalized spacial score (nSPS) is 24.2. The van der Waals surface area contributed by atoms with E-state index >= 15 is 0 Å². The van der Waals surface area contributed by atoms with Gasteiger partial charge in [0, 0.05) is 49.6 Å². The zero-order chi connectivity index (χ0) is 17.9. The van der Waals surface area contributed by atoms with E-state index in [2.05, 4.69) is 39.6 Å². The van der Waals surface area contributed by atoms with Crippen LogP contribution in [-0.2, 0) is 4.79 Å². The summed E-state index contributed by atoms with van der Waals surface area (Å²) in [5.41, 5.74) is 0. The van der Waals surface area contributed by atoms with Crippen molar-refractivity contribution in [2.45, 2.75) is 52.0 Å². The molecule has 0 atom stereocenters. The van der Waals surface area contributed by atoms with Gasteiger partial charge in [-0.05, 0) is 46.0 Å². The lowest BCUT2D eigenvalue weighted by Crippen LogP contribution is -2.47. The van der Waals surface area contributed by atoms with E-state index in [9.17, 15) is 4.79 Å². The summed E-state index contributed by atoms with van der Waals surface area (Å²) in [5, 5.41) is 6.89. The van der Waals surface area contributed by atoms with Gasteiger partial charge in [0.25, 0.3) is 0 Å². The number of rotatable bonds is 6. The second-order valence-corrected chi connectivity index (χ2v) is 7.97. The fourth-order valence-electron chi connectivity index (χ4n) is 3.46. The largest absolute Gasteiger partial charge is 0.357 e. The zero-order valence-corrected chi connectivity index (χ0v) is 19.4. The van der Waals surface area contributed by atoms with Crippen molar-refractivity contribution >= 4 is 47.6 Å². The van der Waals surface area contributed by atoms with E-state index in [1.807, 2.05) is 18.7 Å². The van der Waals surface area contributed by atoms with Crippen molar-refractivity contribution in [2.24, 2.45) is 10.9 Å². The number of allylic oxidation sites excluding steroid dienone is 1. The van der Waals surface area contributed by atoms with Crippen LogP contribution in [0.2, 0.25) is 0 Å². The smallest absolute Gasteiger partial charge is 0.225 e. The molecule has 0 radical (unpaired) electrons. The van der Waals surface area contributed by atoms with Gasteiger partial charge in [-0.3, -0.25) is 9.79 Å². The summed E-state index contributed by atoms with van der Waals surface area (Å²) in [5.74, 6) is 3.73. The van der Waals surface area contributed by atoms with Crippen molar-refractivity contribution in [3.05, 3.63) is 12.2 Å². The number of guanidine groups is 1. The number of hydrogen-bond acceptors (Lipinski definition) is 3. The number of nitrogens with one attached hydrogen (secondary N) is 2. The van der Waals surface area contributed by atoms with Gasteiger partial charge >= 0.3 is 0 Å². The summed E-state index contributed by atoms with van der Waals surface area (Å²) in [4.78, 5) is 19.4. The fourth-order valence-corrected chi connectivity index (χ4v) is 4.36. The van der Waals surface area contributed by atoms with Gasteiger partial charge in [0.2, 0.25) is 5.91 Å². The Bertz CT molecular complexity index is 458. The quantitative estimate of drug-likeness (QED) is 0.196. The Balaban J connectivity index is 0.00000338. The number of nitrogens with zero attached hydrogens (tertiary/aromatic N) is 2. The molecule has 5 nitrogen and oxygen atoms in total. The number of amides is 1. The van der Waals surface area contributed by atoms with E-state index in [0.29, 0.717) is 11.9 Å². The Kier molecular flexibility index (Phi) is 12.4. The van der Waals surface area contributed by atoms with Gasteiger partial charge in [-0.15, -0.1) is 24.0 Å². The Hall–Kier alpha value is -0.440. The van der Waals surface area contributed by atoms with E-state index in [0.717, 1.165) is 75.7 Å². The molecule has 1 aliphatic carbocycles. The summed E-state index contributed by atoms with van der Waals surface area (Å²) >= 11 is 1.96. The van der Waals surface area contributed by atoms with Gasteiger partial charge < -0.3 is 15.5 Å². The summed E-state index contributed by atoms with van der Waals surface area (Å²) in [6.45, 7) is 7.68. The SMILES string of the molecule is C/C=C/CCN=C(NCC)NC1CCC(C(=O)N2CCSCC2)CC1.I. The lowest BCUT2D eigenvalue weighted by molar-refractivity contribution is -0.136. The van der Waals surface area contributed by atoms with Gasteiger partial charge in [-0.25, -0.2) is 0 Å². The van der Waals surface area contributed by atoms with Crippen LogP contribution in [0.1, 0.15) is 46.0 Å². The third-order valence-electron chi connectivity index (χ3n) is 4.89.